The molecule has 0 bridgehead atoms. The maximum Gasteiger partial charge on any atom is 0.272 e. The molecule has 0 unspecified atom stereocenters. The van der Waals surface area contributed by atoms with Gasteiger partial charge >= 0.3 is 0 Å². The van der Waals surface area contributed by atoms with Crippen LogP contribution in [0.5, 0.6) is 0 Å². The van der Waals surface area contributed by atoms with Gasteiger partial charge in [0, 0.05) is 37.3 Å². The Morgan fingerprint density at radius 3 is 3.00 bits per heavy atom. The first kappa shape index (κ1) is 13.5. The van der Waals surface area contributed by atoms with Crippen molar-refractivity contribution in [2.45, 2.75) is 25.3 Å². The molecule has 2 saturated heterocycles. The van der Waals surface area contributed by atoms with Gasteiger partial charge in [-0.05, 0) is 31.7 Å². The number of para-hydroxylation sites is 1. The summed E-state index contributed by atoms with van der Waals surface area (Å²) in [5.41, 5.74) is 1.10. The van der Waals surface area contributed by atoms with Gasteiger partial charge in [-0.2, -0.15) is 0 Å². The van der Waals surface area contributed by atoms with Crippen LogP contribution in [0.2, 0.25) is 0 Å². The maximum atomic E-state index is 11.0. The molecule has 0 saturated carbocycles. The summed E-state index contributed by atoms with van der Waals surface area (Å²) in [4.78, 5) is 13.2. The van der Waals surface area contributed by atoms with Gasteiger partial charge in [-0.25, -0.2) is 0 Å². The van der Waals surface area contributed by atoms with Crippen molar-refractivity contribution in [1.82, 2.24) is 10.2 Å². The van der Waals surface area contributed by atoms with Gasteiger partial charge in [0.05, 0.1) is 4.92 Å². The van der Waals surface area contributed by atoms with Crippen LogP contribution in [0.3, 0.4) is 0 Å². The second kappa shape index (κ2) is 5.89. The Morgan fingerprint density at radius 2 is 2.20 bits per heavy atom. The van der Waals surface area contributed by atoms with Crippen molar-refractivity contribution in [1.29, 1.82) is 0 Å². The fourth-order valence-corrected chi connectivity index (χ4v) is 3.50. The normalized spacial score (nSPS) is 26.4. The van der Waals surface area contributed by atoms with Crippen molar-refractivity contribution in [3.05, 3.63) is 39.9 Å². The van der Waals surface area contributed by atoms with Gasteiger partial charge in [0.25, 0.3) is 5.69 Å². The zero-order valence-electron chi connectivity index (χ0n) is 11.6. The van der Waals surface area contributed by atoms with Crippen molar-refractivity contribution < 1.29 is 4.92 Å². The molecule has 5 heteroatoms. The van der Waals surface area contributed by atoms with Gasteiger partial charge in [0.15, 0.2) is 0 Å². The van der Waals surface area contributed by atoms with Gasteiger partial charge in [-0.3, -0.25) is 10.1 Å². The molecule has 1 N–H and O–H groups in total. The second-order valence-electron chi connectivity index (χ2n) is 5.86. The molecule has 2 heterocycles. The lowest BCUT2D eigenvalue weighted by molar-refractivity contribution is -0.385. The van der Waals surface area contributed by atoms with E-state index in [0.29, 0.717) is 6.04 Å². The predicted octanol–water partition coefficient (Wildman–Crippen LogP) is 1.82. The molecule has 20 heavy (non-hydrogen) atoms. The number of hydrogen-bond acceptors (Lipinski definition) is 4. The van der Waals surface area contributed by atoms with Crippen molar-refractivity contribution in [2.24, 2.45) is 5.92 Å². The molecule has 0 radical (unpaired) electrons. The molecule has 5 nitrogen and oxygen atoms in total. The highest BCUT2D eigenvalue weighted by Gasteiger charge is 2.33. The Balaban J connectivity index is 1.59. The molecule has 1 aromatic rings. The first-order valence-corrected chi connectivity index (χ1v) is 7.42. The van der Waals surface area contributed by atoms with Crippen LogP contribution < -0.4 is 5.32 Å². The molecule has 0 aromatic heterocycles. The summed E-state index contributed by atoms with van der Waals surface area (Å²) in [6, 6.07) is 7.72. The van der Waals surface area contributed by atoms with Crippen LogP contribution in [0, 0.1) is 16.0 Å². The minimum atomic E-state index is -0.277. The number of nitrogens with zero attached hydrogens (tertiary/aromatic N) is 2. The average molecular weight is 275 g/mol. The summed E-state index contributed by atoms with van der Waals surface area (Å²) in [6.45, 7) is 4.28. The Hall–Kier alpha value is -1.46. The average Bonchev–Trinajstić information content (AvgIpc) is 2.88. The summed E-state index contributed by atoms with van der Waals surface area (Å²) in [6.07, 6.45) is 3.36. The van der Waals surface area contributed by atoms with Gasteiger partial charge in [-0.1, -0.05) is 18.2 Å². The molecule has 108 valence electrons. The summed E-state index contributed by atoms with van der Waals surface area (Å²) >= 11 is 0. The summed E-state index contributed by atoms with van der Waals surface area (Å²) in [5, 5.41) is 14.6. The highest BCUT2D eigenvalue weighted by Crippen LogP contribution is 2.25. The van der Waals surface area contributed by atoms with Crippen molar-refractivity contribution >= 4 is 5.69 Å². The molecular weight excluding hydrogens is 254 g/mol. The van der Waals surface area contributed by atoms with E-state index in [1.54, 1.807) is 12.1 Å². The predicted molar refractivity (Wildman–Crippen MR) is 77.8 cm³/mol. The molecule has 2 atom stereocenters. The number of piperidine rings is 1. The summed E-state index contributed by atoms with van der Waals surface area (Å²) in [5.74, 6) is 0.773. The second-order valence-corrected chi connectivity index (χ2v) is 5.86. The quantitative estimate of drug-likeness (QED) is 0.672. The number of nitro benzene ring substituents is 1. The van der Waals surface area contributed by atoms with Gasteiger partial charge < -0.3 is 10.2 Å². The van der Waals surface area contributed by atoms with Gasteiger partial charge in [0.1, 0.15) is 0 Å². The summed E-state index contributed by atoms with van der Waals surface area (Å²) in [7, 11) is 0. The molecule has 0 amide bonds. The van der Waals surface area contributed by atoms with E-state index >= 15 is 0 Å². The minimum absolute atomic E-state index is 0.252. The number of benzene rings is 1. The third kappa shape index (κ3) is 2.83. The van der Waals surface area contributed by atoms with Crippen LogP contribution in [0.25, 0.3) is 0 Å². The molecule has 2 aliphatic heterocycles. The van der Waals surface area contributed by atoms with E-state index < -0.39 is 0 Å². The highest BCUT2D eigenvalue weighted by atomic mass is 16.6. The fourth-order valence-electron chi connectivity index (χ4n) is 3.50. The molecule has 2 fully saturated rings. The van der Waals surface area contributed by atoms with E-state index in [-0.39, 0.29) is 10.6 Å². The first-order chi connectivity index (χ1) is 9.74. The van der Waals surface area contributed by atoms with E-state index in [9.17, 15) is 10.1 Å². The minimum Gasteiger partial charge on any atom is -0.312 e. The number of hydrogen-bond donors (Lipinski definition) is 1. The third-order valence-electron chi connectivity index (χ3n) is 4.56. The van der Waals surface area contributed by atoms with E-state index in [1.165, 1.54) is 12.8 Å². The number of rotatable bonds is 4. The Labute approximate surface area is 119 Å². The van der Waals surface area contributed by atoms with E-state index in [4.69, 9.17) is 0 Å². The molecule has 2 aliphatic rings. The molecule has 0 aliphatic carbocycles. The zero-order chi connectivity index (χ0) is 13.9. The lowest BCUT2D eigenvalue weighted by Crippen LogP contribution is -2.40. The topological polar surface area (TPSA) is 58.4 Å². The van der Waals surface area contributed by atoms with Crippen molar-refractivity contribution in [3.63, 3.8) is 0 Å². The Morgan fingerprint density at radius 1 is 1.35 bits per heavy atom. The first-order valence-electron chi connectivity index (χ1n) is 7.42. The van der Waals surface area contributed by atoms with Crippen LogP contribution in [-0.4, -0.2) is 42.0 Å². The number of nitrogens with one attached hydrogen (secondary N) is 1. The smallest absolute Gasteiger partial charge is 0.272 e. The number of fused-ring (bicyclic) bond motifs is 1. The van der Waals surface area contributed by atoms with Crippen molar-refractivity contribution in [2.75, 3.05) is 26.2 Å². The van der Waals surface area contributed by atoms with Crippen LogP contribution in [0.15, 0.2) is 24.3 Å². The highest BCUT2D eigenvalue weighted by molar-refractivity contribution is 5.39. The van der Waals surface area contributed by atoms with Crippen LogP contribution in [-0.2, 0) is 6.42 Å². The van der Waals surface area contributed by atoms with Crippen LogP contribution in [0.4, 0.5) is 5.69 Å². The fraction of sp³-hybridized carbons (Fsp3) is 0.600. The standard InChI is InChI=1S/C15H21N3O2/c19-18(20)15-6-2-1-4-12(15)7-9-17-10-13-5-3-8-16-14(13)11-17/h1-2,4,6,13-14,16H,3,5,7-11H2/t13-,14+/m0/s1. The number of likely N-dealkylation sites (tertiary alicyclic amines) is 1. The molecule has 0 spiro atoms. The van der Waals surface area contributed by atoms with E-state index in [1.807, 2.05) is 12.1 Å². The lowest BCUT2D eigenvalue weighted by Gasteiger charge is -2.24. The maximum absolute atomic E-state index is 11.0. The molecule has 1 aromatic carbocycles. The molecular formula is C15H21N3O2. The zero-order valence-corrected chi connectivity index (χ0v) is 11.6. The molecule has 3 rings (SSSR count). The Kier molecular flexibility index (Phi) is 3.98. The largest absolute Gasteiger partial charge is 0.312 e. The SMILES string of the molecule is O=[N+]([O-])c1ccccc1CCN1C[C@@H]2CCCN[C@@H]2C1. The summed E-state index contributed by atoms with van der Waals surface area (Å²) < 4.78 is 0. The van der Waals surface area contributed by atoms with E-state index in [0.717, 1.165) is 44.1 Å². The number of nitro groups is 1. The van der Waals surface area contributed by atoms with Crippen molar-refractivity contribution in [3.8, 4) is 0 Å². The lowest BCUT2D eigenvalue weighted by atomic mass is 9.94. The third-order valence-corrected chi connectivity index (χ3v) is 4.56. The van der Waals surface area contributed by atoms with Crippen LogP contribution in [0.1, 0.15) is 18.4 Å². The van der Waals surface area contributed by atoms with Gasteiger partial charge in [0.2, 0.25) is 0 Å². The Bertz CT molecular complexity index is 478. The van der Waals surface area contributed by atoms with Gasteiger partial charge in [-0.15, -0.1) is 0 Å². The van der Waals surface area contributed by atoms with Crippen LogP contribution >= 0.6 is 0 Å². The monoisotopic (exact) mass is 275 g/mol. The van der Waals surface area contributed by atoms with E-state index in [2.05, 4.69) is 10.2 Å².